The van der Waals surface area contributed by atoms with Crippen molar-refractivity contribution in [3.8, 4) is 0 Å². The lowest BCUT2D eigenvalue weighted by molar-refractivity contribution is -0.139. The molecule has 11 nitrogen and oxygen atoms in total. The van der Waals surface area contributed by atoms with Crippen molar-refractivity contribution in [3.05, 3.63) is 82.6 Å². The number of benzene rings is 2. The largest absolute Gasteiger partial charge is 0.463 e. The Balaban J connectivity index is 1.59. The van der Waals surface area contributed by atoms with E-state index in [1.807, 2.05) is 0 Å². The number of rotatable bonds is 8. The molecule has 2 aromatic carbocycles. The molecular weight excluding hydrogens is 468 g/mol. The fourth-order valence-corrected chi connectivity index (χ4v) is 3.94. The number of imide groups is 1. The maximum atomic E-state index is 13.0. The van der Waals surface area contributed by atoms with Crippen LogP contribution in [0.5, 0.6) is 0 Å². The van der Waals surface area contributed by atoms with E-state index < -0.39 is 42.6 Å². The maximum absolute atomic E-state index is 13.0. The smallest absolute Gasteiger partial charge is 0.338 e. The van der Waals surface area contributed by atoms with Crippen LogP contribution in [0.25, 0.3) is 0 Å². The minimum Gasteiger partial charge on any atom is -0.463 e. The van der Waals surface area contributed by atoms with Gasteiger partial charge < -0.3 is 25.4 Å². The summed E-state index contributed by atoms with van der Waals surface area (Å²) in [7, 11) is 0. The van der Waals surface area contributed by atoms with E-state index in [2.05, 4.69) is 16.0 Å². The van der Waals surface area contributed by atoms with E-state index in [-0.39, 0.29) is 36.5 Å². The number of nitrogens with zero attached hydrogens (tertiary/aromatic N) is 1. The zero-order chi connectivity index (χ0) is 25.7. The molecular formula is C25H24N4O7. The predicted octanol–water partition coefficient (Wildman–Crippen LogP) is 1.77. The van der Waals surface area contributed by atoms with Crippen LogP contribution in [0.2, 0.25) is 0 Å². The number of ether oxygens (including phenoxy) is 2. The molecule has 2 aliphatic rings. The first-order chi connectivity index (χ1) is 17.4. The van der Waals surface area contributed by atoms with E-state index in [9.17, 15) is 24.0 Å². The molecule has 186 valence electrons. The summed E-state index contributed by atoms with van der Waals surface area (Å²) in [6.45, 7) is 1.14. The molecule has 0 saturated carbocycles. The van der Waals surface area contributed by atoms with Gasteiger partial charge in [-0.25, -0.2) is 19.2 Å². The molecule has 2 aromatic rings. The number of esters is 2. The Bertz CT molecular complexity index is 1230. The predicted molar refractivity (Wildman–Crippen MR) is 125 cm³/mol. The van der Waals surface area contributed by atoms with Gasteiger partial charge in [0.2, 0.25) is 5.91 Å². The van der Waals surface area contributed by atoms with Crippen molar-refractivity contribution in [2.75, 3.05) is 19.8 Å². The van der Waals surface area contributed by atoms with Crippen molar-refractivity contribution in [2.45, 2.75) is 19.5 Å². The first-order valence-electron chi connectivity index (χ1n) is 11.2. The van der Waals surface area contributed by atoms with Crippen LogP contribution >= 0.6 is 0 Å². The Morgan fingerprint density at radius 1 is 0.972 bits per heavy atom. The van der Waals surface area contributed by atoms with Gasteiger partial charge in [0, 0.05) is 0 Å². The number of hydrogen-bond donors (Lipinski definition) is 3. The highest BCUT2D eigenvalue weighted by molar-refractivity contribution is 6.02. The van der Waals surface area contributed by atoms with Crippen LogP contribution < -0.4 is 16.0 Å². The number of nitrogens with one attached hydrogen (secondary N) is 3. The standard InChI is InChI=1S/C25H24N4O7/c1-2-35-23(32)20-18(27-24(33)28-21(20)15-8-4-3-5-9-15)14-36-22(31)17-11-7-6-10-16(17)13-29-19(30)12-26-25(29)34/h3-11,21H,2,12-14H2,1H3,(H,26,34)(H2,27,28,33). The van der Waals surface area contributed by atoms with Gasteiger partial charge in [0.25, 0.3) is 0 Å². The van der Waals surface area contributed by atoms with E-state index in [1.165, 1.54) is 6.07 Å². The van der Waals surface area contributed by atoms with Crippen LogP contribution in [0.4, 0.5) is 9.59 Å². The van der Waals surface area contributed by atoms with Gasteiger partial charge in [-0.3, -0.25) is 9.69 Å². The fraction of sp³-hybridized carbons (Fsp3) is 0.240. The molecule has 36 heavy (non-hydrogen) atoms. The van der Waals surface area contributed by atoms with Gasteiger partial charge in [-0.05, 0) is 24.1 Å². The number of amides is 5. The summed E-state index contributed by atoms with van der Waals surface area (Å²) >= 11 is 0. The Hall–Kier alpha value is -4.67. The summed E-state index contributed by atoms with van der Waals surface area (Å²) in [6, 6.07) is 13.3. The van der Waals surface area contributed by atoms with Crippen LogP contribution in [0.3, 0.4) is 0 Å². The average Bonchev–Trinajstić information content (AvgIpc) is 3.20. The van der Waals surface area contributed by atoms with Crippen LogP contribution in [-0.2, 0) is 25.6 Å². The molecule has 1 saturated heterocycles. The zero-order valence-electron chi connectivity index (χ0n) is 19.4. The summed E-state index contributed by atoms with van der Waals surface area (Å²) in [4.78, 5) is 63.1. The minimum atomic E-state index is -0.806. The molecule has 0 aliphatic carbocycles. The lowest BCUT2D eigenvalue weighted by Crippen LogP contribution is -2.47. The second-order valence-electron chi connectivity index (χ2n) is 7.93. The first-order valence-corrected chi connectivity index (χ1v) is 11.2. The molecule has 0 bridgehead atoms. The third-order valence-electron chi connectivity index (χ3n) is 5.63. The molecule has 4 rings (SSSR count). The van der Waals surface area contributed by atoms with E-state index in [1.54, 1.807) is 55.5 Å². The minimum absolute atomic E-state index is 0.0889. The summed E-state index contributed by atoms with van der Waals surface area (Å²) in [6.07, 6.45) is 0. The van der Waals surface area contributed by atoms with Crippen molar-refractivity contribution in [1.29, 1.82) is 0 Å². The van der Waals surface area contributed by atoms with Gasteiger partial charge in [0.1, 0.15) is 6.61 Å². The molecule has 5 amide bonds. The summed E-state index contributed by atoms with van der Waals surface area (Å²) < 4.78 is 10.7. The van der Waals surface area contributed by atoms with Gasteiger partial charge in [-0.1, -0.05) is 48.5 Å². The highest BCUT2D eigenvalue weighted by Gasteiger charge is 2.34. The Kier molecular flexibility index (Phi) is 7.28. The third-order valence-corrected chi connectivity index (χ3v) is 5.63. The van der Waals surface area contributed by atoms with Crippen LogP contribution in [0, 0.1) is 0 Å². The second kappa shape index (κ2) is 10.7. The number of carbonyl (C=O) groups excluding carboxylic acids is 5. The monoisotopic (exact) mass is 492 g/mol. The Morgan fingerprint density at radius 3 is 2.39 bits per heavy atom. The number of carbonyl (C=O) groups is 5. The number of urea groups is 2. The molecule has 0 radical (unpaired) electrons. The summed E-state index contributed by atoms with van der Waals surface area (Å²) in [5.41, 5.74) is 1.40. The lowest BCUT2D eigenvalue weighted by Gasteiger charge is -2.29. The topological polar surface area (TPSA) is 143 Å². The highest BCUT2D eigenvalue weighted by Crippen LogP contribution is 2.28. The van der Waals surface area contributed by atoms with E-state index in [0.717, 1.165) is 4.90 Å². The fourth-order valence-electron chi connectivity index (χ4n) is 3.94. The van der Waals surface area contributed by atoms with Gasteiger partial charge in [-0.2, -0.15) is 0 Å². The average molecular weight is 492 g/mol. The molecule has 0 aromatic heterocycles. The summed E-state index contributed by atoms with van der Waals surface area (Å²) in [5.74, 6) is -1.82. The van der Waals surface area contributed by atoms with Crippen LogP contribution in [0.1, 0.15) is 34.5 Å². The first kappa shape index (κ1) is 24.5. The maximum Gasteiger partial charge on any atom is 0.338 e. The Labute approximate surface area is 206 Å². The summed E-state index contributed by atoms with van der Waals surface area (Å²) in [5, 5.41) is 7.68. The van der Waals surface area contributed by atoms with Crippen molar-refractivity contribution in [1.82, 2.24) is 20.9 Å². The normalized spacial score (nSPS) is 17.3. The number of hydrogen-bond acceptors (Lipinski definition) is 7. The van der Waals surface area contributed by atoms with Crippen molar-refractivity contribution in [2.24, 2.45) is 0 Å². The molecule has 1 fully saturated rings. The molecule has 2 heterocycles. The Morgan fingerprint density at radius 2 is 1.69 bits per heavy atom. The molecule has 1 unspecified atom stereocenters. The molecule has 1 atom stereocenters. The lowest BCUT2D eigenvalue weighted by atomic mass is 9.95. The van der Waals surface area contributed by atoms with Gasteiger partial charge >= 0.3 is 24.0 Å². The zero-order valence-corrected chi connectivity index (χ0v) is 19.4. The van der Waals surface area contributed by atoms with E-state index in [0.29, 0.717) is 11.1 Å². The molecule has 2 aliphatic heterocycles. The third kappa shape index (κ3) is 5.19. The van der Waals surface area contributed by atoms with Crippen molar-refractivity contribution >= 4 is 29.9 Å². The molecule has 0 spiro atoms. The van der Waals surface area contributed by atoms with Crippen molar-refractivity contribution in [3.63, 3.8) is 0 Å². The van der Waals surface area contributed by atoms with E-state index >= 15 is 0 Å². The van der Waals surface area contributed by atoms with Crippen molar-refractivity contribution < 1.29 is 33.4 Å². The van der Waals surface area contributed by atoms with Crippen LogP contribution in [-0.4, -0.2) is 54.6 Å². The van der Waals surface area contributed by atoms with Gasteiger partial charge in [-0.15, -0.1) is 0 Å². The van der Waals surface area contributed by atoms with E-state index in [4.69, 9.17) is 9.47 Å². The highest BCUT2D eigenvalue weighted by atomic mass is 16.5. The second-order valence-corrected chi connectivity index (χ2v) is 7.93. The SMILES string of the molecule is CCOC(=O)C1=C(COC(=O)c2ccccc2CN2C(=O)CNC2=O)NC(=O)NC1c1ccccc1. The molecule has 3 N–H and O–H groups in total. The van der Waals surface area contributed by atoms with Gasteiger partial charge in [0.15, 0.2) is 0 Å². The van der Waals surface area contributed by atoms with Gasteiger partial charge in [0.05, 0.1) is 42.6 Å². The molecule has 11 heteroatoms. The quantitative estimate of drug-likeness (QED) is 0.376. The van der Waals surface area contributed by atoms with Crippen LogP contribution in [0.15, 0.2) is 65.9 Å².